The summed E-state index contributed by atoms with van der Waals surface area (Å²) in [5.41, 5.74) is 9.21. The normalized spacial score (nSPS) is 14.9. The van der Waals surface area contributed by atoms with Gasteiger partial charge in [-0.2, -0.15) is 0 Å². The van der Waals surface area contributed by atoms with Crippen LogP contribution in [0, 0.1) is 0 Å². The number of esters is 1. The van der Waals surface area contributed by atoms with Gasteiger partial charge in [-0.25, -0.2) is 9.59 Å². The molecule has 1 aromatic heterocycles. The molecule has 7 heteroatoms. The van der Waals surface area contributed by atoms with E-state index in [0.717, 1.165) is 36.9 Å². The van der Waals surface area contributed by atoms with E-state index in [0.29, 0.717) is 22.9 Å². The van der Waals surface area contributed by atoms with Gasteiger partial charge in [-0.3, -0.25) is 4.90 Å². The summed E-state index contributed by atoms with van der Waals surface area (Å²) < 4.78 is 10.7. The summed E-state index contributed by atoms with van der Waals surface area (Å²) >= 11 is 0. The highest BCUT2D eigenvalue weighted by molar-refractivity contribution is 6.02. The number of nitrogens with zero attached hydrogens (tertiary/aromatic N) is 2. The standard InChI is InChI=1S/C27H33N3O4/c1-3-4-5-13-29-14-11-19(12-15-29)24-18-34-25-10-9-22(17-23(24)25)30(27(28)32)21-8-6-7-20(16-21)26(31)33-2/h6-10,16-19H,3-5,11-15H2,1-2H3,(H2,28,32). The number of urea groups is 1. The molecule has 0 radical (unpaired) electrons. The molecule has 2 amide bonds. The lowest BCUT2D eigenvalue weighted by Gasteiger charge is -2.31. The predicted octanol–water partition coefficient (Wildman–Crippen LogP) is 5.81. The van der Waals surface area contributed by atoms with Crippen molar-refractivity contribution in [2.45, 2.75) is 44.9 Å². The van der Waals surface area contributed by atoms with Gasteiger partial charge in [-0.1, -0.05) is 25.8 Å². The summed E-state index contributed by atoms with van der Waals surface area (Å²) in [7, 11) is 1.32. The Balaban J connectivity index is 1.59. The number of hydrogen-bond donors (Lipinski definition) is 1. The number of carbonyl (C=O) groups is 2. The number of piperidine rings is 1. The van der Waals surface area contributed by atoms with Gasteiger partial charge < -0.3 is 19.8 Å². The minimum Gasteiger partial charge on any atom is -0.465 e. The number of methoxy groups -OCH3 is 1. The quantitative estimate of drug-likeness (QED) is 0.337. The average molecular weight is 464 g/mol. The maximum atomic E-state index is 12.5. The van der Waals surface area contributed by atoms with Crippen molar-refractivity contribution in [1.29, 1.82) is 0 Å². The first kappa shape index (κ1) is 23.8. The molecule has 0 atom stereocenters. The van der Waals surface area contributed by atoms with Crippen molar-refractivity contribution in [3.63, 3.8) is 0 Å². The Morgan fingerprint density at radius 2 is 1.88 bits per heavy atom. The van der Waals surface area contributed by atoms with Crippen molar-refractivity contribution in [3.8, 4) is 0 Å². The molecule has 180 valence electrons. The third-order valence-electron chi connectivity index (χ3n) is 6.70. The molecule has 0 bridgehead atoms. The molecule has 34 heavy (non-hydrogen) atoms. The van der Waals surface area contributed by atoms with Crippen LogP contribution in [0.3, 0.4) is 0 Å². The van der Waals surface area contributed by atoms with Crippen LogP contribution in [0.1, 0.15) is 60.9 Å². The summed E-state index contributed by atoms with van der Waals surface area (Å²) in [4.78, 5) is 28.4. The van der Waals surface area contributed by atoms with Crippen molar-refractivity contribution in [1.82, 2.24) is 4.90 Å². The maximum absolute atomic E-state index is 12.5. The van der Waals surface area contributed by atoms with Gasteiger partial charge >= 0.3 is 12.0 Å². The summed E-state index contributed by atoms with van der Waals surface area (Å²) in [5.74, 6) is -0.0523. The molecule has 0 aliphatic carbocycles. The second-order valence-corrected chi connectivity index (χ2v) is 8.91. The number of fused-ring (bicyclic) bond motifs is 1. The number of anilines is 2. The first-order valence-corrected chi connectivity index (χ1v) is 12.0. The summed E-state index contributed by atoms with van der Waals surface area (Å²) in [5, 5.41) is 0.998. The first-order chi connectivity index (χ1) is 16.5. The second kappa shape index (κ2) is 10.7. The van der Waals surface area contributed by atoms with Crippen molar-refractivity contribution in [2.24, 2.45) is 5.73 Å². The van der Waals surface area contributed by atoms with Gasteiger partial charge in [0, 0.05) is 10.9 Å². The zero-order valence-electron chi connectivity index (χ0n) is 20.0. The zero-order valence-corrected chi connectivity index (χ0v) is 20.0. The molecule has 3 aromatic rings. The minimum absolute atomic E-state index is 0.349. The molecular formula is C27H33N3O4. The minimum atomic E-state index is -0.633. The lowest BCUT2D eigenvalue weighted by molar-refractivity contribution is 0.0600. The van der Waals surface area contributed by atoms with E-state index < -0.39 is 12.0 Å². The van der Waals surface area contributed by atoms with Crippen molar-refractivity contribution in [2.75, 3.05) is 31.6 Å². The molecule has 1 aliphatic rings. The van der Waals surface area contributed by atoms with Crippen LogP contribution in [0.15, 0.2) is 53.1 Å². The molecule has 0 spiro atoms. The fraction of sp³-hybridized carbons (Fsp3) is 0.407. The summed E-state index contributed by atoms with van der Waals surface area (Å²) in [6.45, 7) is 5.59. The predicted molar refractivity (Wildman–Crippen MR) is 134 cm³/mol. The number of unbranched alkanes of at least 4 members (excludes halogenated alkanes) is 2. The number of ether oxygens (including phenoxy) is 1. The number of benzene rings is 2. The number of carbonyl (C=O) groups excluding carboxylic acids is 2. The Morgan fingerprint density at radius 3 is 2.59 bits per heavy atom. The van der Waals surface area contributed by atoms with Crippen LogP contribution >= 0.6 is 0 Å². The van der Waals surface area contributed by atoms with E-state index in [1.807, 2.05) is 24.5 Å². The number of rotatable bonds is 8. The fourth-order valence-corrected chi connectivity index (χ4v) is 4.84. The maximum Gasteiger partial charge on any atom is 0.337 e. The van der Waals surface area contributed by atoms with Gasteiger partial charge in [0.25, 0.3) is 0 Å². The van der Waals surface area contributed by atoms with E-state index in [2.05, 4.69) is 11.8 Å². The monoisotopic (exact) mass is 463 g/mol. The van der Waals surface area contributed by atoms with Gasteiger partial charge in [-0.15, -0.1) is 0 Å². The van der Waals surface area contributed by atoms with E-state index in [1.165, 1.54) is 43.4 Å². The Labute approximate surface area is 200 Å². The highest BCUT2D eigenvalue weighted by Gasteiger charge is 2.25. The molecule has 0 saturated carbocycles. The molecule has 0 unspecified atom stereocenters. The van der Waals surface area contributed by atoms with Crippen molar-refractivity contribution in [3.05, 3.63) is 59.9 Å². The van der Waals surface area contributed by atoms with Gasteiger partial charge in [0.15, 0.2) is 0 Å². The van der Waals surface area contributed by atoms with Crippen LogP contribution in [0.4, 0.5) is 16.2 Å². The lowest BCUT2D eigenvalue weighted by Crippen LogP contribution is -2.33. The molecular weight excluding hydrogens is 430 g/mol. The number of primary amides is 1. The summed E-state index contributed by atoms with van der Waals surface area (Å²) in [6, 6.07) is 11.7. The zero-order chi connectivity index (χ0) is 24.1. The molecule has 2 N–H and O–H groups in total. The van der Waals surface area contributed by atoms with Gasteiger partial charge in [-0.05, 0) is 81.2 Å². The van der Waals surface area contributed by atoms with Crippen molar-refractivity contribution >= 4 is 34.3 Å². The number of nitrogens with two attached hydrogens (primary N) is 1. The highest BCUT2D eigenvalue weighted by Crippen LogP contribution is 2.37. The largest absolute Gasteiger partial charge is 0.465 e. The van der Waals surface area contributed by atoms with Gasteiger partial charge in [0.2, 0.25) is 0 Å². The van der Waals surface area contributed by atoms with Crippen LogP contribution in [0.5, 0.6) is 0 Å². The molecule has 2 aromatic carbocycles. The number of likely N-dealkylation sites (tertiary alicyclic amines) is 1. The molecule has 1 fully saturated rings. The van der Waals surface area contributed by atoms with Gasteiger partial charge in [0.05, 0.1) is 30.3 Å². The number of furan rings is 1. The van der Waals surface area contributed by atoms with Crippen LogP contribution in [-0.4, -0.2) is 43.6 Å². The number of hydrogen-bond acceptors (Lipinski definition) is 5. The van der Waals surface area contributed by atoms with Crippen LogP contribution in [0.2, 0.25) is 0 Å². The van der Waals surface area contributed by atoms with E-state index >= 15 is 0 Å². The topological polar surface area (TPSA) is 89.0 Å². The summed E-state index contributed by atoms with van der Waals surface area (Å²) in [6.07, 6.45) is 7.83. The Hall–Kier alpha value is -3.32. The molecule has 2 heterocycles. The SMILES string of the molecule is CCCCCN1CCC(c2coc3ccc(N(C(N)=O)c4cccc(C(=O)OC)c4)cc23)CC1. The Morgan fingerprint density at radius 1 is 1.12 bits per heavy atom. The third kappa shape index (κ3) is 5.09. The average Bonchev–Trinajstić information content (AvgIpc) is 3.27. The molecule has 4 rings (SSSR count). The molecule has 1 saturated heterocycles. The Bertz CT molecular complexity index is 1150. The third-order valence-corrected chi connectivity index (χ3v) is 6.70. The van der Waals surface area contributed by atoms with E-state index in [-0.39, 0.29) is 0 Å². The van der Waals surface area contributed by atoms with E-state index in [4.69, 9.17) is 14.9 Å². The van der Waals surface area contributed by atoms with Gasteiger partial charge in [0.1, 0.15) is 5.58 Å². The van der Waals surface area contributed by atoms with Crippen molar-refractivity contribution < 1.29 is 18.7 Å². The second-order valence-electron chi connectivity index (χ2n) is 8.91. The fourth-order valence-electron chi connectivity index (χ4n) is 4.84. The molecule has 7 nitrogen and oxygen atoms in total. The van der Waals surface area contributed by atoms with Crippen LogP contribution in [0.25, 0.3) is 11.0 Å². The van der Waals surface area contributed by atoms with E-state index in [9.17, 15) is 9.59 Å². The smallest absolute Gasteiger partial charge is 0.337 e. The van der Waals surface area contributed by atoms with Crippen LogP contribution < -0.4 is 10.6 Å². The molecule has 1 aliphatic heterocycles. The number of amides is 2. The Kier molecular flexibility index (Phi) is 7.53. The lowest BCUT2D eigenvalue weighted by atomic mass is 9.89. The highest BCUT2D eigenvalue weighted by atomic mass is 16.5. The van der Waals surface area contributed by atoms with E-state index in [1.54, 1.807) is 24.3 Å². The van der Waals surface area contributed by atoms with Crippen LogP contribution in [-0.2, 0) is 4.74 Å². The first-order valence-electron chi connectivity index (χ1n) is 12.0.